The summed E-state index contributed by atoms with van der Waals surface area (Å²) in [6, 6.07) is 16.7. The van der Waals surface area contributed by atoms with Gasteiger partial charge in [0.2, 0.25) is 5.91 Å². The van der Waals surface area contributed by atoms with Crippen LogP contribution in [0.3, 0.4) is 0 Å². The molecule has 1 aromatic heterocycles. The minimum atomic E-state index is 0.0814. The molecule has 3 aromatic rings. The normalized spacial score (nSPS) is 18.4. The van der Waals surface area contributed by atoms with Gasteiger partial charge in [-0.3, -0.25) is 4.79 Å². The molecular weight excluding hydrogens is 364 g/mol. The molecule has 1 N–H and O–H groups in total. The first-order valence-electron chi connectivity index (χ1n) is 10.2. The molecule has 5 rings (SSSR count). The number of benzene rings is 2. The zero-order valence-corrected chi connectivity index (χ0v) is 16.5. The van der Waals surface area contributed by atoms with Gasteiger partial charge in [-0.25, -0.2) is 4.68 Å². The van der Waals surface area contributed by atoms with Crippen molar-refractivity contribution in [3.8, 4) is 11.4 Å². The van der Waals surface area contributed by atoms with E-state index in [-0.39, 0.29) is 18.5 Å². The Morgan fingerprint density at radius 3 is 2.86 bits per heavy atom. The Kier molecular flexibility index (Phi) is 4.50. The lowest BCUT2D eigenvalue weighted by Gasteiger charge is -2.35. The highest BCUT2D eigenvalue weighted by Gasteiger charge is 2.29. The van der Waals surface area contributed by atoms with Gasteiger partial charge in [0, 0.05) is 23.0 Å². The van der Waals surface area contributed by atoms with Crippen LogP contribution in [0.15, 0.2) is 48.5 Å². The minimum absolute atomic E-state index is 0.0814. The third kappa shape index (κ3) is 3.48. The van der Waals surface area contributed by atoms with Crippen LogP contribution >= 0.6 is 0 Å². The molecule has 2 aromatic carbocycles. The first-order chi connectivity index (χ1) is 14.2. The van der Waals surface area contributed by atoms with Crippen LogP contribution in [0, 0.1) is 0 Å². The quantitative estimate of drug-likeness (QED) is 0.724. The summed E-state index contributed by atoms with van der Waals surface area (Å²) in [4.78, 5) is 15.0. The second kappa shape index (κ2) is 7.31. The van der Waals surface area contributed by atoms with Gasteiger partial charge in [0.1, 0.15) is 0 Å². The van der Waals surface area contributed by atoms with Crippen molar-refractivity contribution in [3.05, 3.63) is 54.1 Å². The first kappa shape index (κ1) is 17.8. The Hall–Kier alpha value is -3.22. The molecule has 2 heterocycles. The minimum Gasteiger partial charge on any atom is -0.376 e. The van der Waals surface area contributed by atoms with Gasteiger partial charge in [0.25, 0.3) is 0 Å². The van der Waals surface area contributed by atoms with Crippen molar-refractivity contribution in [1.82, 2.24) is 20.2 Å². The highest BCUT2D eigenvalue weighted by Crippen LogP contribution is 2.37. The van der Waals surface area contributed by atoms with Crippen molar-refractivity contribution >= 4 is 17.3 Å². The van der Waals surface area contributed by atoms with E-state index in [1.165, 1.54) is 5.56 Å². The summed E-state index contributed by atoms with van der Waals surface area (Å²) in [5.74, 6) is 0.860. The van der Waals surface area contributed by atoms with E-state index in [9.17, 15) is 4.79 Å². The molecule has 0 bridgehead atoms. The van der Waals surface area contributed by atoms with E-state index in [0.29, 0.717) is 6.04 Å². The molecule has 1 saturated carbocycles. The van der Waals surface area contributed by atoms with E-state index in [1.807, 2.05) is 52.0 Å². The van der Waals surface area contributed by atoms with E-state index in [2.05, 4.69) is 33.8 Å². The number of aryl methyl sites for hydroxylation is 1. The highest BCUT2D eigenvalue weighted by atomic mass is 16.2. The van der Waals surface area contributed by atoms with Gasteiger partial charge >= 0.3 is 0 Å². The number of hydrogen-bond acceptors (Lipinski definition) is 5. The fourth-order valence-electron chi connectivity index (χ4n) is 4.05. The van der Waals surface area contributed by atoms with Crippen molar-refractivity contribution < 1.29 is 4.79 Å². The molecule has 1 aliphatic heterocycles. The van der Waals surface area contributed by atoms with E-state index >= 15 is 0 Å². The average molecular weight is 388 g/mol. The molecule has 1 fully saturated rings. The SMILES string of the molecule is C[C@H]1CCc2ccccc2N1C(=O)CNc1cccc(-c2nnnn2C2CC2)c1. The number of tetrazole rings is 1. The van der Waals surface area contributed by atoms with Crippen LogP contribution in [-0.2, 0) is 11.2 Å². The van der Waals surface area contributed by atoms with Crippen molar-refractivity contribution in [2.24, 2.45) is 0 Å². The summed E-state index contributed by atoms with van der Waals surface area (Å²) < 4.78 is 1.90. The first-order valence-corrected chi connectivity index (χ1v) is 10.2. The van der Waals surface area contributed by atoms with Gasteiger partial charge < -0.3 is 10.2 Å². The fraction of sp³-hybridized carbons (Fsp3) is 0.364. The summed E-state index contributed by atoms with van der Waals surface area (Å²) in [5.41, 5.74) is 4.12. The molecule has 1 amide bonds. The fourth-order valence-corrected chi connectivity index (χ4v) is 4.05. The topological polar surface area (TPSA) is 75.9 Å². The smallest absolute Gasteiger partial charge is 0.246 e. The third-order valence-corrected chi connectivity index (χ3v) is 5.74. The number of fused-ring (bicyclic) bond motifs is 1. The van der Waals surface area contributed by atoms with Crippen LogP contribution < -0.4 is 10.2 Å². The summed E-state index contributed by atoms with van der Waals surface area (Å²) in [7, 11) is 0. The number of amides is 1. The van der Waals surface area contributed by atoms with Gasteiger partial charge in [-0.05, 0) is 66.8 Å². The van der Waals surface area contributed by atoms with Crippen molar-refractivity contribution in [3.63, 3.8) is 0 Å². The van der Waals surface area contributed by atoms with Crippen molar-refractivity contribution in [2.75, 3.05) is 16.8 Å². The number of carbonyl (C=O) groups is 1. The molecule has 1 aliphatic carbocycles. The Balaban J connectivity index is 1.32. The maximum atomic E-state index is 13.0. The van der Waals surface area contributed by atoms with E-state index < -0.39 is 0 Å². The lowest BCUT2D eigenvalue weighted by atomic mass is 9.96. The molecule has 1 atom stereocenters. The lowest BCUT2D eigenvalue weighted by Crippen LogP contribution is -2.44. The van der Waals surface area contributed by atoms with Crippen LogP contribution in [0.25, 0.3) is 11.4 Å². The van der Waals surface area contributed by atoms with Crippen molar-refractivity contribution in [1.29, 1.82) is 0 Å². The average Bonchev–Trinajstić information content (AvgIpc) is 3.48. The molecule has 0 radical (unpaired) electrons. The Morgan fingerprint density at radius 1 is 1.14 bits per heavy atom. The largest absolute Gasteiger partial charge is 0.376 e. The Morgan fingerprint density at radius 2 is 2.00 bits per heavy atom. The number of aromatic nitrogens is 4. The van der Waals surface area contributed by atoms with Crippen molar-refractivity contribution in [2.45, 2.75) is 44.7 Å². The molecule has 0 spiro atoms. The Labute approximate surface area is 169 Å². The number of carbonyl (C=O) groups excluding carboxylic acids is 1. The molecule has 2 aliphatic rings. The number of rotatable bonds is 5. The van der Waals surface area contributed by atoms with Gasteiger partial charge in [0.05, 0.1) is 12.6 Å². The Bertz CT molecular complexity index is 1040. The number of hydrogen-bond donors (Lipinski definition) is 1. The van der Waals surface area contributed by atoms with Crippen LogP contribution in [0.2, 0.25) is 0 Å². The summed E-state index contributed by atoms with van der Waals surface area (Å²) in [6.07, 6.45) is 4.26. The highest BCUT2D eigenvalue weighted by molar-refractivity contribution is 5.97. The maximum absolute atomic E-state index is 13.0. The van der Waals surface area contributed by atoms with Gasteiger partial charge in [0.15, 0.2) is 5.82 Å². The second-order valence-electron chi connectivity index (χ2n) is 7.89. The summed E-state index contributed by atoms with van der Waals surface area (Å²) in [6.45, 7) is 2.36. The number of nitrogens with one attached hydrogen (secondary N) is 1. The number of para-hydroxylation sites is 1. The van der Waals surface area contributed by atoms with Gasteiger partial charge in [-0.2, -0.15) is 0 Å². The van der Waals surface area contributed by atoms with Crippen LogP contribution in [0.5, 0.6) is 0 Å². The third-order valence-electron chi connectivity index (χ3n) is 5.74. The zero-order valence-electron chi connectivity index (χ0n) is 16.5. The van der Waals surface area contributed by atoms with E-state index in [0.717, 1.165) is 48.4 Å². The van der Waals surface area contributed by atoms with E-state index in [4.69, 9.17) is 0 Å². The molecule has 7 heteroatoms. The monoisotopic (exact) mass is 388 g/mol. The standard InChI is InChI=1S/C22H24N6O/c1-15-9-10-16-5-2-3-8-20(16)27(15)21(29)14-23-18-7-4-6-17(13-18)22-24-25-26-28(22)19-11-12-19/h2-8,13,15,19,23H,9-12,14H2,1H3/t15-/m0/s1. The lowest BCUT2D eigenvalue weighted by molar-refractivity contribution is -0.117. The van der Waals surface area contributed by atoms with Crippen LogP contribution in [0.4, 0.5) is 11.4 Å². The maximum Gasteiger partial charge on any atom is 0.246 e. The zero-order chi connectivity index (χ0) is 19.8. The predicted octanol–water partition coefficient (Wildman–Crippen LogP) is 3.45. The molecule has 29 heavy (non-hydrogen) atoms. The molecule has 148 valence electrons. The molecule has 7 nitrogen and oxygen atoms in total. The van der Waals surface area contributed by atoms with Crippen LogP contribution in [0.1, 0.15) is 37.8 Å². The van der Waals surface area contributed by atoms with Crippen LogP contribution in [-0.4, -0.2) is 38.7 Å². The summed E-state index contributed by atoms with van der Waals surface area (Å²) in [5, 5.41) is 15.4. The van der Waals surface area contributed by atoms with E-state index in [1.54, 1.807) is 0 Å². The summed E-state index contributed by atoms with van der Waals surface area (Å²) >= 11 is 0. The second-order valence-corrected chi connectivity index (χ2v) is 7.89. The molecule has 0 saturated heterocycles. The predicted molar refractivity (Wildman–Crippen MR) is 112 cm³/mol. The molecular formula is C22H24N6O. The number of anilines is 2. The van der Waals surface area contributed by atoms with Gasteiger partial charge in [-0.15, -0.1) is 5.10 Å². The number of nitrogens with zero attached hydrogens (tertiary/aromatic N) is 5. The van der Waals surface area contributed by atoms with Gasteiger partial charge in [-0.1, -0.05) is 30.3 Å². The molecule has 0 unspecified atom stereocenters.